The van der Waals surface area contributed by atoms with Crippen LogP contribution in [0.15, 0.2) is 18.2 Å². The summed E-state index contributed by atoms with van der Waals surface area (Å²) in [6, 6.07) is 5.84. The first-order valence-corrected chi connectivity index (χ1v) is 7.02. The Balaban J connectivity index is 2.26. The minimum atomic E-state index is 0.351. The molecule has 1 aromatic carbocycles. The summed E-state index contributed by atoms with van der Waals surface area (Å²) in [6.07, 6.45) is 2.48. The Morgan fingerprint density at radius 2 is 2.17 bits per heavy atom. The molecule has 1 aromatic rings. The predicted octanol–water partition coefficient (Wildman–Crippen LogP) is 3.60. The number of halogens is 1. The molecular formula is C14H19ClN2S. The lowest BCUT2D eigenvalue weighted by Gasteiger charge is -2.39. The lowest BCUT2D eigenvalue weighted by molar-refractivity contribution is 0.293. The summed E-state index contributed by atoms with van der Waals surface area (Å²) < 4.78 is 0. The molecule has 1 saturated heterocycles. The Morgan fingerprint density at radius 1 is 1.44 bits per heavy atom. The zero-order valence-electron chi connectivity index (χ0n) is 10.9. The third kappa shape index (κ3) is 2.96. The second kappa shape index (κ2) is 5.06. The average Bonchev–Trinajstić information content (AvgIpc) is 2.27. The van der Waals surface area contributed by atoms with Gasteiger partial charge in [-0.2, -0.15) is 0 Å². The van der Waals surface area contributed by atoms with Gasteiger partial charge in [-0.25, -0.2) is 0 Å². The van der Waals surface area contributed by atoms with Crippen molar-refractivity contribution in [3.8, 4) is 0 Å². The van der Waals surface area contributed by atoms with E-state index in [1.165, 1.54) is 12.8 Å². The lowest BCUT2D eigenvalue weighted by atomic mass is 9.84. The third-order valence-electron chi connectivity index (χ3n) is 3.47. The van der Waals surface area contributed by atoms with Crippen molar-refractivity contribution in [1.82, 2.24) is 0 Å². The topological polar surface area (TPSA) is 29.3 Å². The van der Waals surface area contributed by atoms with Crippen LogP contribution in [0.4, 0.5) is 5.69 Å². The maximum atomic E-state index is 6.34. The van der Waals surface area contributed by atoms with Crippen molar-refractivity contribution in [3.05, 3.63) is 28.8 Å². The highest BCUT2D eigenvalue weighted by Gasteiger charge is 2.27. The first-order chi connectivity index (χ1) is 8.39. The number of nitrogens with two attached hydrogens (primary N) is 1. The highest BCUT2D eigenvalue weighted by atomic mass is 35.5. The van der Waals surface area contributed by atoms with E-state index in [1.54, 1.807) is 0 Å². The number of thiocarbonyl (C=S) groups is 1. The van der Waals surface area contributed by atoms with E-state index in [1.807, 2.05) is 18.2 Å². The SMILES string of the molecule is CC1(C)CCCN(c2ccc(C(N)=S)cc2Cl)C1. The van der Waals surface area contributed by atoms with Crippen molar-refractivity contribution >= 4 is 34.5 Å². The monoisotopic (exact) mass is 282 g/mol. The number of benzene rings is 1. The average molecular weight is 283 g/mol. The van der Waals surface area contributed by atoms with Gasteiger partial charge in [0.05, 0.1) is 10.7 Å². The molecular weight excluding hydrogens is 264 g/mol. The van der Waals surface area contributed by atoms with Crippen molar-refractivity contribution in [2.24, 2.45) is 11.1 Å². The van der Waals surface area contributed by atoms with E-state index in [9.17, 15) is 0 Å². The third-order valence-corrected chi connectivity index (χ3v) is 4.01. The molecule has 0 aliphatic carbocycles. The van der Waals surface area contributed by atoms with Crippen LogP contribution < -0.4 is 10.6 Å². The van der Waals surface area contributed by atoms with Crippen LogP contribution in [0, 0.1) is 5.41 Å². The van der Waals surface area contributed by atoms with Crippen LogP contribution in [0.2, 0.25) is 5.02 Å². The first-order valence-electron chi connectivity index (χ1n) is 6.23. The van der Waals surface area contributed by atoms with Crippen LogP contribution in [-0.4, -0.2) is 18.1 Å². The number of piperidine rings is 1. The van der Waals surface area contributed by atoms with E-state index in [0.717, 1.165) is 29.4 Å². The quantitative estimate of drug-likeness (QED) is 0.841. The van der Waals surface area contributed by atoms with E-state index in [4.69, 9.17) is 29.6 Å². The Hall–Kier alpha value is -0.800. The molecule has 0 spiro atoms. The van der Waals surface area contributed by atoms with Gasteiger partial charge >= 0.3 is 0 Å². The van der Waals surface area contributed by atoms with Crippen molar-refractivity contribution in [2.75, 3.05) is 18.0 Å². The fourth-order valence-electron chi connectivity index (χ4n) is 2.55. The van der Waals surface area contributed by atoms with Gasteiger partial charge in [-0.05, 0) is 36.5 Å². The number of rotatable bonds is 2. The van der Waals surface area contributed by atoms with Crippen molar-refractivity contribution in [2.45, 2.75) is 26.7 Å². The highest BCUT2D eigenvalue weighted by molar-refractivity contribution is 7.80. The molecule has 1 fully saturated rings. The molecule has 98 valence electrons. The van der Waals surface area contributed by atoms with Gasteiger partial charge in [0, 0.05) is 18.7 Å². The molecule has 4 heteroatoms. The van der Waals surface area contributed by atoms with Crippen LogP contribution in [0.1, 0.15) is 32.3 Å². The summed E-state index contributed by atoms with van der Waals surface area (Å²) in [5.74, 6) is 0. The second-order valence-electron chi connectivity index (χ2n) is 5.72. The maximum absolute atomic E-state index is 6.34. The molecule has 18 heavy (non-hydrogen) atoms. The summed E-state index contributed by atoms with van der Waals surface area (Å²) in [5, 5.41) is 0.734. The van der Waals surface area contributed by atoms with Crippen LogP contribution in [0.3, 0.4) is 0 Å². The summed E-state index contributed by atoms with van der Waals surface area (Å²) in [5.41, 5.74) is 7.88. The molecule has 0 saturated carbocycles. The molecule has 0 bridgehead atoms. The number of nitrogens with zero attached hydrogens (tertiary/aromatic N) is 1. The smallest absolute Gasteiger partial charge is 0.104 e. The van der Waals surface area contributed by atoms with Gasteiger partial charge in [0.25, 0.3) is 0 Å². The Morgan fingerprint density at radius 3 is 2.72 bits per heavy atom. The van der Waals surface area contributed by atoms with Crippen LogP contribution in [-0.2, 0) is 0 Å². The molecule has 0 radical (unpaired) electrons. The number of hydrogen-bond acceptors (Lipinski definition) is 2. The summed E-state index contributed by atoms with van der Waals surface area (Å²) in [4.78, 5) is 2.75. The second-order valence-corrected chi connectivity index (χ2v) is 6.57. The normalized spacial score (nSPS) is 18.7. The van der Waals surface area contributed by atoms with Crippen molar-refractivity contribution in [3.63, 3.8) is 0 Å². The molecule has 0 aromatic heterocycles. The van der Waals surface area contributed by atoms with Crippen molar-refractivity contribution in [1.29, 1.82) is 0 Å². The zero-order valence-corrected chi connectivity index (χ0v) is 12.4. The first kappa shape index (κ1) is 13.6. The van der Waals surface area contributed by atoms with E-state index >= 15 is 0 Å². The van der Waals surface area contributed by atoms with E-state index in [2.05, 4.69) is 18.7 Å². The van der Waals surface area contributed by atoms with Gasteiger partial charge < -0.3 is 10.6 Å². The maximum Gasteiger partial charge on any atom is 0.104 e. The number of hydrogen-bond donors (Lipinski definition) is 1. The van der Waals surface area contributed by atoms with E-state index in [-0.39, 0.29) is 0 Å². The zero-order chi connectivity index (χ0) is 13.3. The summed E-state index contributed by atoms with van der Waals surface area (Å²) >= 11 is 11.3. The minimum Gasteiger partial charge on any atom is -0.389 e. The molecule has 2 rings (SSSR count). The minimum absolute atomic E-state index is 0.351. The van der Waals surface area contributed by atoms with Gasteiger partial charge in [0.15, 0.2) is 0 Å². The summed E-state index contributed by atoms with van der Waals surface area (Å²) in [6.45, 7) is 6.71. The van der Waals surface area contributed by atoms with Crippen molar-refractivity contribution < 1.29 is 0 Å². The van der Waals surface area contributed by atoms with Gasteiger partial charge in [-0.3, -0.25) is 0 Å². The lowest BCUT2D eigenvalue weighted by Crippen LogP contribution is -2.40. The molecule has 1 aliphatic rings. The number of anilines is 1. The standard InChI is InChI=1S/C14H19ClN2S/c1-14(2)6-3-7-17(9-14)12-5-4-10(13(16)18)8-11(12)15/h4-5,8H,3,6-7,9H2,1-2H3,(H2,16,18). The van der Waals surface area contributed by atoms with Gasteiger partial charge in [-0.15, -0.1) is 0 Å². The Bertz CT molecular complexity index is 471. The van der Waals surface area contributed by atoms with Crippen LogP contribution >= 0.6 is 23.8 Å². The fourth-order valence-corrected chi connectivity index (χ4v) is 2.97. The fraction of sp³-hybridized carbons (Fsp3) is 0.500. The summed E-state index contributed by atoms with van der Waals surface area (Å²) in [7, 11) is 0. The van der Waals surface area contributed by atoms with Crippen LogP contribution in [0.5, 0.6) is 0 Å². The molecule has 0 atom stereocenters. The molecule has 2 nitrogen and oxygen atoms in total. The van der Waals surface area contributed by atoms with Gasteiger partial charge in [-0.1, -0.05) is 37.7 Å². The van der Waals surface area contributed by atoms with E-state index in [0.29, 0.717) is 10.4 Å². The largest absolute Gasteiger partial charge is 0.389 e. The van der Waals surface area contributed by atoms with E-state index < -0.39 is 0 Å². The highest BCUT2D eigenvalue weighted by Crippen LogP contribution is 2.35. The van der Waals surface area contributed by atoms with Gasteiger partial charge in [0.1, 0.15) is 4.99 Å². The molecule has 0 unspecified atom stereocenters. The molecule has 2 N–H and O–H groups in total. The Labute approximate surface area is 119 Å². The van der Waals surface area contributed by atoms with Crippen LogP contribution in [0.25, 0.3) is 0 Å². The molecule has 1 heterocycles. The van der Waals surface area contributed by atoms with Gasteiger partial charge in [0.2, 0.25) is 0 Å². The molecule has 0 amide bonds. The predicted molar refractivity (Wildman–Crippen MR) is 82.6 cm³/mol. The molecule has 1 aliphatic heterocycles. The Kier molecular flexibility index (Phi) is 3.83.